The average molecular weight is 709 g/mol. The number of ether oxygens (including phenoxy) is 1. The van der Waals surface area contributed by atoms with E-state index in [0.717, 1.165) is 17.1 Å². The van der Waals surface area contributed by atoms with Gasteiger partial charge in [-0.2, -0.15) is 0 Å². The van der Waals surface area contributed by atoms with E-state index in [0.29, 0.717) is 0 Å². The lowest BCUT2D eigenvalue weighted by Gasteiger charge is -2.31. The maximum Gasteiger partial charge on any atom is 0.135 e. The second kappa shape index (κ2) is 10.9. The van der Waals surface area contributed by atoms with Crippen LogP contribution in [0.15, 0.2) is 194 Å². The fourth-order valence-electron chi connectivity index (χ4n) is 10.5. The third-order valence-electron chi connectivity index (χ3n) is 12.9. The molecule has 13 rings (SSSR count). The van der Waals surface area contributed by atoms with Crippen molar-refractivity contribution in [2.75, 3.05) is 0 Å². The number of rotatable bonds is 2. The molecule has 0 aromatic heterocycles. The Balaban J connectivity index is 1.08. The Bertz CT molecular complexity index is 3290. The molecule has 2 aliphatic carbocycles. The summed E-state index contributed by atoms with van der Waals surface area (Å²) in [5, 5.41) is 7.44. The van der Waals surface area contributed by atoms with Crippen LogP contribution in [0, 0.1) is 0 Å². The minimum absolute atomic E-state index is 0.476. The Kier molecular flexibility index (Phi) is 5.89. The summed E-state index contributed by atoms with van der Waals surface area (Å²) in [6.07, 6.45) is 0. The molecule has 0 saturated carbocycles. The van der Waals surface area contributed by atoms with Gasteiger partial charge in [0.05, 0.1) is 5.41 Å². The van der Waals surface area contributed by atoms with Crippen LogP contribution >= 0.6 is 0 Å². The van der Waals surface area contributed by atoms with Gasteiger partial charge in [0.25, 0.3) is 0 Å². The van der Waals surface area contributed by atoms with Crippen LogP contribution in [0.4, 0.5) is 0 Å². The van der Waals surface area contributed by atoms with E-state index < -0.39 is 5.41 Å². The van der Waals surface area contributed by atoms with Crippen molar-refractivity contribution in [3.05, 3.63) is 216 Å². The van der Waals surface area contributed by atoms with Crippen molar-refractivity contribution in [3.63, 3.8) is 0 Å². The Morgan fingerprint density at radius 1 is 0.286 bits per heavy atom. The molecule has 56 heavy (non-hydrogen) atoms. The highest BCUT2D eigenvalue weighted by Gasteiger charge is 2.51. The molecule has 0 saturated heterocycles. The molecule has 0 atom stereocenters. The van der Waals surface area contributed by atoms with E-state index in [-0.39, 0.29) is 0 Å². The number of benzene rings is 10. The fraction of sp³-hybridized carbons (Fsp3) is 0.0182. The molecule has 0 fully saturated rings. The summed E-state index contributed by atoms with van der Waals surface area (Å²) in [5.41, 5.74) is 17.4. The van der Waals surface area contributed by atoms with E-state index >= 15 is 0 Å². The first-order chi connectivity index (χ1) is 27.8. The molecular formula is C55H32O. The number of fused-ring (bicyclic) bond motifs is 14. The van der Waals surface area contributed by atoms with Gasteiger partial charge in [-0.25, -0.2) is 0 Å². The van der Waals surface area contributed by atoms with Gasteiger partial charge < -0.3 is 4.74 Å². The monoisotopic (exact) mass is 708 g/mol. The topological polar surface area (TPSA) is 9.23 Å². The van der Waals surface area contributed by atoms with Gasteiger partial charge in [-0.3, -0.25) is 0 Å². The second-order valence-electron chi connectivity index (χ2n) is 15.5. The van der Waals surface area contributed by atoms with Crippen molar-refractivity contribution < 1.29 is 4.74 Å². The third kappa shape index (κ3) is 3.84. The van der Waals surface area contributed by atoms with E-state index in [1.54, 1.807) is 0 Å². The molecule has 0 radical (unpaired) electrons. The molecule has 3 aliphatic rings. The van der Waals surface area contributed by atoms with Gasteiger partial charge in [0, 0.05) is 10.9 Å². The quantitative estimate of drug-likeness (QED) is 0.174. The van der Waals surface area contributed by atoms with Gasteiger partial charge in [0.15, 0.2) is 0 Å². The van der Waals surface area contributed by atoms with E-state index in [9.17, 15) is 0 Å². The van der Waals surface area contributed by atoms with Crippen molar-refractivity contribution in [1.29, 1.82) is 0 Å². The van der Waals surface area contributed by atoms with Gasteiger partial charge in [0.2, 0.25) is 0 Å². The second-order valence-corrected chi connectivity index (χ2v) is 15.5. The van der Waals surface area contributed by atoms with Crippen molar-refractivity contribution >= 4 is 32.3 Å². The summed E-state index contributed by atoms with van der Waals surface area (Å²) >= 11 is 0. The molecule has 1 aliphatic heterocycles. The summed E-state index contributed by atoms with van der Waals surface area (Å²) in [7, 11) is 0. The Morgan fingerprint density at radius 2 is 0.857 bits per heavy atom. The lowest BCUT2D eigenvalue weighted by atomic mass is 9.70. The molecule has 0 bridgehead atoms. The highest BCUT2D eigenvalue weighted by atomic mass is 16.5. The van der Waals surface area contributed by atoms with Gasteiger partial charge in [-0.05, 0) is 136 Å². The summed E-state index contributed by atoms with van der Waals surface area (Å²) in [6, 6.07) is 72.2. The van der Waals surface area contributed by atoms with E-state index in [4.69, 9.17) is 4.74 Å². The van der Waals surface area contributed by atoms with E-state index in [1.807, 2.05) is 0 Å². The average Bonchev–Trinajstić information content (AvgIpc) is 3.72. The Hall–Kier alpha value is -7.22. The van der Waals surface area contributed by atoms with Gasteiger partial charge in [-0.1, -0.05) is 158 Å². The fourth-order valence-corrected chi connectivity index (χ4v) is 10.5. The summed E-state index contributed by atoms with van der Waals surface area (Å²) in [6.45, 7) is 0. The predicted molar refractivity (Wildman–Crippen MR) is 232 cm³/mol. The molecule has 1 nitrogen and oxygen atoms in total. The highest BCUT2D eigenvalue weighted by molar-refractivity contribution is 6.09. The molecule has 1 spiro atoms. The number of hydrogen-bond acceptors (Lipinski definition) is 1. The van der Waals surface area contributed by atoms with Crippen LogP contribution in [0.3, 0.4) is 0 Å². The minimum atomic E-state index is -0.476. The van der Waals surface area contributed by atoms with Crippen LogP contribution in [0.25, 0.3) is 88.0 Å². The van der Waals surface area contributed by atoms with Gasteiger partial charge in [0.1, 0.15) is 11.5 Å². The largest absolute Gasteiger partial charge is 0.456 e. The first-order valence-corrected chi connectivity index (χ1v) is 19.5. The summed E-state index contributed by atoms with van der Waals surface area (Å²) < 4.78 is 6.51. The molecule has 1 heterocycles. The van der Waals surface area contributed by atoms with Crippen molar-refractivity contribution in [3.8, 4) is 67.1 Å². The molecule has 0 unspecified atom stereocenters. The smallest absolute Gasteiger partial charge is 0.135 e. The van der Waals surface area contributed by atoms with Crippen LogP contribution < -0.4 is 4.74 Å². The third-order valence-corrected chi connectivity index (χ3v) is 12.9. The maximum absolute atomic E-state index is 6.51. The summed E-state index contributed by atoms with van der Waals surface area (Å²) in [5.74, 6) is 1.82. The molecule has 0 N–H and O–H groups in total. The van der Waals surface area contributed by atoms with E-state index in [2.05, 4.69) is 194 Å². The summed E-state index contributed by atoms with van der Waals surface area (Å²) in [4.78, 5) is 0. The van der Waals surface area contributed by atoms with Crippen LogP contribution in [0.5, 0.6) is 11.5 Å². The molecule has 1 heteroatoms. The van der Waals surface area contributed by atoms with Crippen molar-refractivity contribution in [1.82, 2.24) is 0 Å². The van der Waals surface area contributed by atoms with Crippen molar-refractivity contribution in [2.24, 2.45) is 0 Å². The first kappa shape index (κ1) is 30.1. The normalized spacial score (nSPS) is 13.6. The minimum Gasteiger partial charge on any atom is -0.456 e. The Morgan fingerprint density at radius 3 is 1.68 bits per heavy atom. The SMILES string of the molecule is c1ccc2c(c1)-c1ccccc1C21c2cc(-c3ccc4c(c3)-c3cccc5cccc(c35)O4)ccc2-c2cc3cccc(-c4cccc5ccccc45)c3cc21. The zero-order valence-electron chi connectivity index (χ0n) is 30.4. The predicted octanol–water partition coefficient (Wildman–Crippen LogP) is 14.6. The van der Waals surface area contributed by atoms with E-state index in [1.165, 1.54) is 105 Å². The van der Waals surface area contributed by atoms with Crippen LogP contribution in [-0.4, -0.2) is 0 Å². The van der Waals surface area contributed by atoms with Gasteiger partial charge >= 0.3 is 0 Å². The lowest BCUT2D eigenvalue weighted by Crippen LogP contribution is -2.26. The standard InChI is InChI=1S/C55H32O/c1-2-16-38-33(11-1)12-7-19-39(38)40-20-9-15-37-30-46-43-27-25-36(35-26-28-52-47(29-35)44-21-8-13-34-14-10-24-53(56-52)54(34)44)31-50(43)55(51(46)32-45(37)40)48-22-5-3-17-41(48)42-18-4-6-23-49(42)55/h1-32H. The zero-order chi connectivity index (χ0) is 36.5. The lowest BCUT2D eigenvalue weighted by molar-refractivity contribution is 0.487. The van der Waals surface area contributed by atoms with Crippen LogP contribution in [0.1, 0.15) is 22.3 Å². The van der Waals surface area contributed by atoms with Gasteiger partial charge in [-0.15, -0.1) is 0 Å². The Labute approximate surface area is 324 Å². The molecular weight excluding hydrogens is 677 g/mol. The van der Waals surface area contributed by atoms with Crippen LogP contribution in [0.2, 0.25) is 0 Å². The highest BCUT2D eigenvalue weighted by Crippen LogP contribution is 2.64. The van der Waals surface area contributed by atoms with Crippen LogP contribution in [-0.2, 0) is 5.41 Å². The molecule has 258 valence electrons. The molecule has 0 amide bonds. The zero-order valence-corrected chi connectivity index (χ0v) is 30.4. The maximum atomic E-state index is 6.51. The number of hydrogen-bond donors (Lipinski definition) is 0. The molecule has 10 aromatic carbocycles. The first-order valence-electron chi connectivity index (χ1n) is 19.5. The molecule has 10 aromatic rings. The van der Waals surface area contributed by atoms with Crippen molar-refractivity contribution in [2.45, 2.75) is 5.41 Å².